The highest BCUT2D eigenvalue weighted by Gasteiger charge is 2.46. The molecule has 1 aromatic carbocycles. The van der Waals surface area contributed by atoms with Crippen molar-refractivity contribution in [1.29, 1.82) is 0 Å². The molecule has 2 N–H and O–H groups in total. The zero-order valence-corrected chi connectivity index (χ0v) is 11.1. The fraction of sp³-hybridized carbons (Fsp3) is 0.571. The van der Waals surface area contributed by atoms with E-state index in [1.165, 1.54) is 12.1 Å². The van der Waals surface area contributed by atoms with Crippen LogP contribution in [0.25, 0.3) is 0 Å². The Labute approximate surface area is 111 Å². The molecule has 2 rings (SSSR count). The van der Waals surface area contributed by atoms with Crippen molar-refractivity contribution in [3.05, 3.63) is 29.8 Å². The Balaban J connectivity index is 1.84. The third-order valence-electron chi connectivity index (χ3n) is 3.92. The molecule has 0 saturated heterocycles. The van der Waals surface area contributed by atoms with E-state index in [0.29, 0.717) is 6.54 Å². The molecule has 0 amide bonds. The summed E-state index contributed by atoms with van der Waals surface area (Å²) in [5.41, 5.74) is 0.887. The van der Waals surface area contributed by atoms with Crippen LogP contribution in [-0.2, 0) is 6.54 Å². The molecule has 1 aliphatic rings. The molecule has 1 saturated carbocycles. The van der Waals surface area contributed by atoms with Gasteiger partial charge in [0, 0.05) is 18.0 Å². The molecule has 0 aliphatic heterocycles. The van der Waals surface area contributed by atoms with E-state index < -0.39 is 6.61 Å². The van der Waals surface area contributed by atoms with E-state index in [9.17, 15) is 13.9 Å². The van der Waals surface area contributed by atoms with Gasteiger partial charge < -0.3 is 15.2 Å². The zero-order valence-electron chi connectivity index (χ0n) is 11.1. The molecule has 0 spiro atoms. The lowest BCUT2D eigenvalue weighted by molar-refractivity contribution is -0.0729. The SMILES string of the molecule is CC1(C)C(O)CC1NCc1ccc(OC(F)F)cc1. The van der Waals surface area contributed by atoms with E-state index in [1.807, 2.05) is 13.8 Å². The summed E-state index contributed by atoms with van der Waals surface area (Å²) in [6.07, 6.45) is 0.492. The number of nitrogens with one attached hydrogen (secondary N) is 1. The lowest BCUT2D eigenvalue weighted by atomic mass is 9.64. The Morgan fingerprint density at radius 2 is 2.00 bits per heavy atom. The number of hydrogen-bond acceptors (Lipinski definition) is 3. The van der Waals surface area contributed by atoms with Gasteiger partial charge in [0.15, 0.2) is 0 Å². The van der Waals surface area contributed by atoms with Crippen LogP contribution in [0.4, 0.5) is 8.78 Å². The van der Waals surface area contributed by atoms with Crippen LogP contribution in [0.1, 0.15) is 25.8 Å². The van der Waals surface area contributed by atoms with E-state index >= 15 is 0 Å². The monoisotopic (exact) mass is 271 g/mol. The van der Waals surface area contributed by atoms with E-state index in [-0.39, 0.29) is 23.3 Å². The summed E-state index contributed by atoms with van der Waals surface area (Å²) in [4.78, 5) is 0. The number of halogens is 2. The van der Waals surface area contributed by atoms with Crippen molar-refractivity contribution >= 4 is 0 Å². The summed E-state index contributed by atoms with van der Waals surface area (Å²) in [5.74, 6) is 0.165. The van der Waals surface area contributed by atoms with Crippen molar-refractivity contribution in [2.75, 3.05) is 0 Å². The van der Waals surface area contributed by atoms with Crippen molar-refractivity contribution in [2.45, 2.75) is 45.6 Å². The maximum absolute atomic E-state index is 12.0. The van der Waals surface area contributed by atoms with Gasteiger partial charge in [-0.3, -0.25) is 0 Å². The van der Waals surface area contributed by atoms with Crippen molar-refractivity contribution in [3.8, 4) is 5.75 Å². The zero-order chi connectivity index (χ0) is 14.0. The first-order valence-corrected chi connectivity index (χ1v) is 6.35. The van der Waals surface area contributed by atoms with Crippen LogP contribution >= 0.6 is 0 Å². The minimum atomic E-state index is -2.79. The molecule has 0 radical (unpaired) electrons. The summed E-state index contributed by atoms with van der Waals surface area (Å²) in [5, 5.41) is 13.0. The van der Waals surface area contributed by atoms with Gasteiger partial charge in [0.05, 0.1) is 6.10 Å². The van der Waals surface area contributed by atoms with Gasteiger partial charge in [-0.2, -0.15) is 8.78 Å². The van der Waals surface area contributed by atoms with Gasteiger partial charge in [-0.25, -0.2) is 0 Å². The van der Waals surface area contributed by atoms with Crippen LogP contribution in [0, 0.1) is 5.41 Å². The summed E-state index contributed by atoms with van der Waals surface area (Å²) in [6.45, 7) is 1.91. The van der Waals surface area contributed by atoms with E-state index in [4.69, 9.17) is 0 Å². The topological polar surface area (TPSA) is 41.5 Å². The summed E-state index contributed by atoms with van der Waals surface area (Å²) in [7, 11) is 0. The second-order valence-corrected chi connectivity index (χ2v) is 5.53. The molecule has 2 atom stereocenters. The number of benzene rings is 1. The van der Waals surface area contributed by atoms with E-state index in [1.54, 1.807) is 12.1 Å². The number of alkyl halides is 2. The highest BCUT2D eigenvalue weighted by molar-refractivity contribution is 5.27. The maximum atomic E-state index is 12.0. The number of rotatable bonds is 5. The second-order valence-electron chi connectivity index (χ2n) is 5.53. The van der Waals surface area contributed by atoms with Crippen molar-refractivity contribution in [2.24, 2.45) is 5.41 Å². The van der Waals surface area contributed by atoms with Crippen molar-refractivity contribution in [1.82, 2.24) is 5.32 Å². The maximum Gasteiger partial charge on any atom is 0.387 e. The highest BCUT2D eigenvalue weighted by atomic mass is 19.3. The molecular formula is C14H19F2NO2. The number of hydrogen-bond donors (Lipinski definition) is 2. The van der Waals surface area contributed by atoms with Crippen molar-refractivity contribution < 1.29 is 18.6 Å². The molecule has 106 valence electrons. The molecule has 19 heavy (non-hydrogen) atoms. The van der Waals surface area contributed by atoms with Gasteiger partial charge in [0.1, 0.15) is 5.75 Å². The molecule has 3 nitrogen and oxygen atoms in total. The molecule has 1 aromatic rings. The third kappa shape index (κ3) is 3.22. The van der Waals surface area contributed by atoms with Crippen LogP contribution in [0.2, 0.25) is 0 Å². The summed E-state index contributed by atoms with van der Waals surface area (Å²) in [6, 6.07) is 6.85. The van der Waals surface area contributed by atoms with E-state index in [2.05, 4.69) is 10.1 Å². The van der Waals surface area contributed by atoms with Gasteiger partial charge >= 0.3 is 6.61 Å². The highest BCUT2D eigenvalue weighted by Crippen LogP contribution is 2.40. The predicted octanol–water partition coefficient (Wildman–Crippen LogP) is 2.54. The quantitative estimate of drug-likeness (QED) is 0.864. The predicted molar refractivity (Wildman–Crippen MR) is 68.1 cm³/mol. The Hall–Kier alpha value is -1.20. The smallest absolute Gasteiger partial charge is 0.387 e. The molecule has 1 aliphatic carbocycles. The summed E-state index contributed by atoms with van der Waals surface area (Å²) < 4.78 is 28.3. The number of ether oxygens (including phenoxy) is 1. The number of aliphatic hydroxyl groups excluding tert-OH is 1. The Kier molecular flexibility index (Phi) is 4.06. The van der Waals surface area contributed by atoms with Gasteiger partial charge in [-0.1, -0.05) is 26.0 Å². The lowest BCUT2D eigenvalue weighted by Gasteiger charge is -2.49. The first-order valence-electron chi connectivity index (χ1n) is 6.35. The van der Waals surface area contributed by atoms with Crippen LogP contribution in [0.15, 0.2) is 24.3 Å². The van der Waals surface area contributed by atoms with Gasteiger partial charge in [0.25, 0.3) is 0 Å². The normalized spacial score (nSPS) is 25.2. The molecule has 0 heterocycles. The first-order chi connectivity index (χ1) is 8.89. The van der Waals surface area contributed by atoms with Crippen LogP contribution < -0.4 is 10.1 Å². The standard InChI is InChI=1S/C14H19F2NO2/c1-14(2)11(7-12(14)18)17-8-9-3-5-10(6-4-9)19-13(15)16/h3-6,11-13,17-18H,7-8H2,1-2H3. The Morgan fingerprint density at radius 1 is 1.37 bits per heavy atom. The Morgan fingerprint density at radius 3 is 2.47 bits per heavy atom. The average Bonchev–Trinajstić information content (AvgIpc) is 2.35. The van der Waals surface area contributed by atoms with E-state index in [0.717, 1.165) is 12.0 Å². The van der Waals surface area contributed by atoms with Crippen LogP contribution in [0.5, 0.6) is 5.75 Å². The first kappa shape index (κ1) is 14.2. The minimum Gasteiger partial charge on any atom is -0.435 e. The van der Waals surface area contributed by atoms with Gasteiger partial charge in [0.2, 0.25) is 0 Å². The lowest BCUT2D eigenvalue weighted by Crippen LogP contribution is -2.59. The Bertz CT molecular complexity index is 420. The van der Waals surface area contributed by atoms with Crippen LogP contribution in [0.3, 0.4) is 0 Å². The molecular weight excluding hydrogens is 252 g/mol. The van der Waals surface area contributed by atoms with Crippen molar-refractivity contribution in [3.63, 3.8) is 0 Å². The fourth-order valence-electron chi connectivity index (χ4n) is 2.28. The third-order valence-corrected chi connectivity index (χ3v) is 3.92. The van der Waals surface area contributed by atoms with Gasteiger partial charge in [-0.15, -0.1) is 0 Å². The summed E-state index contributed by atoms with van der Waals surface area (Å²) >= 11 is 0. The minimum absolute atomic E-state index is 0.112. The van der Waals surface area contributed by atoms with Crippen LogP contribution in [-0.4, -0.2) is 23.9 Å². The molecule has 5 heteroatoms. The largest absolute Gasteiger partial charge is 0.435 e. The molecule has 0 bridgehead atoms. The average molecular weight is 271 g/mol. The molecule has 2 unspecified atom stereocenters. The molecule has 1 fully saturated rings. The number of aliphatic hydroxyl groups is 1. The molecule has 0 aromatic heterocycles. The second kappa shape index (κ2) is 5.43. The van der Waals surface area contributed by atoms with Gasteiger partial charge in [-0.05, 0) is 24.1 Å². The fourth-order valence-corrected chi connectivity index (χ4v) is 2.28.